The van der Waals surface area contributed by atoms with Gasteiger partial charge in [0.1, 0.15) is 0 Å². The molecular weight excluding hydrogens is 224 g/mol. The summed E-state index contributed by atoms with van der Waals surface area (Å²) in [6.45, 7) is 4.47. The van der Waals surface area contributed by atoms with Gasteiger partial charge in [-0.15, -0.1) is 0 Å². The van der Waals surface area contributed by atoms with E-state index in [1.807, 2.05) is 0 Å². The standard InChI is InChI=1S/C4H10O4S.Cu.H2O/c1-4(2,3)8-9(5,6)7;;/h1-3H3,(H,5,6,7);;1H2/q;+1;/p-1. The van der Waals surface area contributed by atoms with Crippen LogP contribution in [0.15, 0.2) is 0 Å². The quantitative estimate of drug-likeness (QED) is 0.345. The van der Waals surface area contributed by atoms with Gasteiger partial charge in [-0.1, -0.05) is 0 Å². The Morgan fingerprint density at radius 1 is 1.27 bits per heavy atom. The monoisotopic (exact) mass is 234 g/mol. The van der Waals surface area contributed by atoms with E-state index in [1.54, 1.807) is 0 Å². The van der Waals surface area contributed by atoms with Crippen LogP contribution in [-0.2, 0) is 31.7 Å². The van der Waals surface area contributed by atoms with Crippen molar-refractivity contribution >= 4 is 10.4 Å². The second kappa shape index (κ2) is 5.08. The molecule has 0 atom stereocenters. The van der Waals surface area contributed by atoms with E-state index in [0.717, 1.165) is 0 Å². The molecule has 0 aromatic rings. The van der Waals surface area contributed by atoms with Gasteiger partial charge in [0.05, 0.1) is 5.60 Å². The Morgan fingerprint density at radius 2 is 1.55 bits per heavy atom. The van der Waals surface area contributed by atoms with Crippen molar-refractivity contribution in [1.29, 1.82) is 0 Å². The molecule has 0 aliphatic rings. The fourth-order valence-electron chi connectivity index (χ4n) is 0.306. The first-order valence-electron chi connectivity index (χ1n) is 2.37. The van der Waals surface area contributed by atoms with Crippen LogP contribution >= 0.6 is 0 Å². The predicted octanol–water partition coefficient (Wildman–Crippen LogP) is -0.565. The Labute approximate surface area is 76.9 Å². The van der Waals surface area contributed by atoms with E-state index >= 15 is 0 Å². The predicted molar refractivity (Wildman–Crippen MR) is 34.1 cm³/mol. The van der Waals surface area contributed by atoms with Gasteiger partial charge in [0.2, 0.25) is 10.4 Å². The summed E-state index contributed by atoms with van der Waals surface area (Å²) in [5, 5.41) is 0. The van der Waals surface area contributed by atoms with Crippen LogP contribution in [0.3, 0.4) is 0 Å². The minimum absolute atomic E-state index is 0. The van der Waals surface area contributed by atoms with E-state index < -0.39 is 16.0 Å². The van der Waals surface area contributed by atoms with Crippen molar-refractivity contribution in [3.05, 3.63) is 0 Å². The Hall–Kier alpha value is 0.349. The smallest absolute Gasteiger partial charge is 0.726 e. The SMILES string of the molecule is CC(C)(C)OS(=O)(=O)[O-].O.[Cu+]. The van der Waals surface area contributed by atoms with E-state index in [-0.39, 0.29) is 22.5 Å². The summed E-state index contributed by atoms with van der Waals surface area (Å²) in [4.78, 5) is 0. The molecule has 0 aliphatic carbocycles. The van der Waals surface area contributed by atoms with Crippen molar-refractivity contribution in [3.8, 4) is 0 Å². The first kappa shape index (κ1) is 17.4. The van der Waals surface area contributed by atoms with Crippen molar-refractivity contribution < 1.29 is 39.7 Å². The third kappa shape index (κ3) is 17.9. The molecule has 0 saturated carbocycles. The molecule has 0 radical (unpaired) electrons. The Balaban J connectivity index is -0.000000320. The first-order valence-corrected chi connectivity index (χ1v) is 3.70. The molecule has 2 N–H and O–H groups in total. The molecule has 74 valence electrons. The molecular formula is C4H11CuO5S. The fraction of sp³-hybridized carbons (Fsp3) is 1.00. The van der Waals surface area contributed by atoms with E-state index in [4.69, 9.17) is 0 Å². The summed E-state index contributed by atoms with van der Waals surface area (Å²) >= 11 is 0. The van der Waals surface area contributed by atoms with Gasteiger partial charge in [0.15, 0.2) is 0 Å². The second-order valence-electron chi connectivity index (χ2n) is 2.60. The van der Waals surface area contributed by atoms with Gasteiger partial charge in [-0.2, -0.15) is 0 Å². The molecule has 0 saturated heterocycles. The summed E-state index contributed by atoms with van der Waals surface area (Å²) in [5.74, 6) is 0. The molecule has 0 unspecified atom stereocenters. The van der Waals surface area contributed by atoms with Crippen LogP contribution in [0.1, 0.15) is 20.8 Å². The fourth-order valence-corrected chi connectivity index (χ4v) is 0.919. The van der Waals surface area contributed by atoms with Gasteiger partial charge in [0.25, 0.3) is 0 Å². The zero-order valence-corrected chi connectivity index (χ0v) is 8.10. The average Bonchev–Trinajstić information content (AvgIpc) is 1.14. The molecule has 0 spiro atoms. The van der Waals surface area contributed by atoms with Crippen molar-refractivity contribution in [3.63, 3.8) is 0 Å². The van der Waals surface area contributed by atoms with Crippen LogP contribution in [0.2, 0.25) is 0 Å². The van der Waals surface area contributed by atoms with Crippen LogP contribution in [0.25, 0.3) is 0 Å². The largest absolute Gasteiger partial charge is 1.00 e. The van der Waals surface area contributed by atoms with Gasteiger partial charge in [-0.3, -0.25) is 4.18 Å². The molecule has 0 aromatic heterocycles. The topological polar surface area (TPSA) is 97.9 Å². The zero-order valence-electron chi connectivity index (χ0n) is 6.34. The maximum absolute atomic E-state index is 9.87. The summed E-state index contributed by atoms with van der Waals surface area (Å²) in [6.07, 6.45) is 0. The van der Waals surface area contributed by atoms with Crippen molar-refractivity contribution in [2.24, 2.45) is 0 Å². The second-order valence-corrected chi connectivity index (χ2v) is 3.59. The van der Waals surface area contributed by atoms with Crippen LogP contribution in [0.5, 0.6) is 0 Å². The third-order valence-corrected chi connectivity index (χ3v) is 1.06. The average molecular weight is 235 g/mol. The van der Waals surface area contributed by atoms with Crippen LogP contribution in [0, 0.1) is 0 Å². The molecule has 0 bridgehead atoms. The molecule has 5 nitrogen and oxygen atoms in total. The molecule has 11 heavy (non-hydrogen) atoms. The number of rotatable bonds is 1. The summed E-state index contributed by atoms with van der Waals surface area (Å²) in [7, 11) is -4.53. The van der Waals surface area contributed by atoms with Crippen LogP contribution < -0.4 is 0 Å². The maximum atomic E-state index is 9.87. The van der Waals surface area contributed by atoms with Gasteiger partial charge < -0.3 is 10.0 Å². The van der Waals surface area contributed by atoms with Crippen molar-refractivity contribution in [1.82, 2.24) is 0 Å². The molecule has 0 fully saturated rings. The summed E-state index contributed by atoms with van der Waals surface area (Å²) < 4.78 is 33.6. The van der Waals surface area contributed by atoms with Crippen molar-refractivity contribution in [2.75, 3.05) is 0 Å². The van der Waals surface area contributed by atoms with E-state index in [0.29, 0.717) is 0 Å². The molecule has 0 heterocycles. The summed E-state index contributed by atoms with van der Waals surface area (Å²) in [6, 6.07) is 0. The van der Waals surface area contributed by atoms with E-state index in [2.05, 4.69) is 4.18 Å². The number of hydrogen-bond donors (Lipinski definition) is 0. The van der Waals surface area contributed by atoms with Crippen LogP contribution in [-0.4, -0.2) is 24.0 Å². The Kier molecular flexibility index (Phi) is 8.05. The van der Waals surface area contributed by atoms with E-state index in [1.165, 1.54) is 20.8 Å². The van der Waals surface area contributed by atoms with Gasteiger partial charge in [-0.05, 0) is 20.8 Å². The minimum Gasteiger partial charge on any atom is -0.726 e. The first-order chi connectivity index (χ1) is 3.71. The van der Waals surface area contributed by atoms with Gasteiger partial charge in [0, 0.05) is 0 Å². The van der Waals surface area contributed by atoms with Gasteiger partial charge >= 0.3 is 17.1 Å². The molecule has 0 aromatic carbocycles. The zero-order chi connectivity index (χ0) is 7.71. The number of hydrogen-bond acceptors (Lipinski definition) is 4. The molecule has 0 rings (SSSR count). The third-order valence-electron chi connectivity index (χ3n) is 0.352. The molecule has 0 aliphatic heterocycles. The van der Waals surface area contributed by atoms with E-state index in [9.17, 15) is 13.0 Å². The normalized spacial score (nSPS) is 11.3. The molecule has 7 heteroatoms. The Bertz CT molecular complexity index is 179. The van der Waals surface area contributed by atoms with Crippen LogP contribution in [0.4, 0.5) is 0 Å². The summed E-state index contributed by atoms with van der Waals surface area (Å²) in [5.41, 5.74) is -0.916. The minimum atomic E-state index is -4.53. The van der Waals surface area contributed by atoms with Crippen molar-refractivity contribution in [2.45, 2.75) is 26.4 Å². The van der Waals surface area contributed by atoms with Gasteiger partial charge in [-0.25, -0.2) is 8.42 Å². The Morgan fingerprint density at radius 3 is 1.55 bits per heavy atom. The maximum Gasteiger partial charge on any atom is 1.00 e. The molecule has 0 amide bonds.